The van der Waals surface area contributed by atoms with Crippen molar-refractivity contribution in [3.05, 3.63) is 88.1 Å². The van der Waals surface area contributed by atoms with Crippen molar-refractivity contribution in [3.63, 3.8) is 0 Å². The number of fused-ring (bicyclic) bond motifs is 1. The van der Waals surface area contributed by atoms with E-state index in [0.717, 1.165) is 16.8 Å². The van der Waals surface area contributed by atoms with Crippen LogP contribution in [0.3, 0.4) is 0 Å². The van der Waals surface area contributed by atoms with Gasteiger partial charge in [-0.1, -0.05) is 55.8 Å². The molecule has 7 heteroatoms. The highest BCUT2D eigenvalue weighted by atomic mass is 16.2. The van der Waals surface area contributed by atoms with Gasteiger partial charge in [0.1, 0.15) is 18.3 Å². The van der Waals surface area contributed by atoms with Crippen molar-refractivity contribution in [2.75, 3.05) is 0 Å². The lowest BCUT2D eigenvalue weighted by molar-refractivity contribution is -0.121. The quantitative estimate of drug-likeness (QED) is 0.524. The molecule has 31 heavy (non-hydrogen) atoms. The summed E-state index contributed by atoms with van der Waals surface area (Å²) >= 11 is 0. The molecule has 158 valence electrons. The number of benzene rings is 2. The second kappa shape index (κ2) is 8.55. The number of hydrogen-bond donors (Lipinski definition) is 1. The van der Waals surface area contributed by atoms with Gasteiger partial charge in [-0.25, -0.2) is 9.67 Å². The maximum absolute atomic E-state index is 12.9. The molecule has 0 atom stereocenters. The van der Waals surface area contributed by atoms with Gasteiger partial charge in [0.15, 0.2) is 5.65 Å². The third kappa shape index (κ3) is 4.40. The molecule has 0 aliphatic rings. The molecule has 2 heterocycles. The summed E-state index contributed by atoms with van der Waals surface area (Å²) in [6.07, 6.45) is 2.90. The smallest absolute Gasteiger partial charge is 0.264 e. The fourth-order valence-corrected chi connectivity index (χ4v) is 3.37. The Morgan fingerprint density at radius 1 is 1.06 bits per heavy atom. The number of carbonyl (C=O) groups excluding carboxylic acids is 1. The van der Waals surface area contributed by atoms with Gasteiger partial charge in [-0.05, 0) is 36.1 Å². The minimum Gasteiger partial charge on any atom is -0.350 e. The van der Waals surface area contributed by atoms with Crippen molar-refractivity contribution in [1.82, 2.24) is 24.6 Å². The normalized spacial score (nSPS) is 11.2. The van der Waals surface area contributed by atoms with Crippen LogP contribution in [0.25, 0.3) is 16.7 Å². The lowest BCUT2D eigenvalue weighted by Gasteiger charge is -2.09. The number of aryl methyl sites for hydroxylation is 1. The summed E-state index contributed by atoms with van der Waals surface area (Å²) in [5, 5.41) is 7.56. The third-order valence-corrected chi connectivity index (χ3v) is 5.28. The summed E-state index contributed by atoms with van der Waals surface area (Å²) in [6, 6.07) is 16.0. The topological polar surface area (TPSA) is 81.8 Å². The van der Waals surface area contributed by atoms with Crippen LogP contribution in [0.5, 0.6) is 0 Å². The summed E-state index contributed by atoms with van der Waals surface area (Å²) in [4.78, 5) is 29.6. The molecule has 7 nitrogen and oxygen atoms in total. The molecule has 4 aromatic rings. The van der Waals surface area contributed by atoms with E-state index in [1.54, 1.807) is 4.68 Å². The third-order valence-electron chi connectivity index (χ3n) is 5.28. The lowest BCUT2D eigenvalue weighted by Crippen LogP contribution is -2.32. The van der Waals surface area contributed by atoms with Crippen LogP contribution in [0.15, 0.2) is 65.8 Å². The van der Waals surface area contributed by atoms with Gasteiger partial charge >= 0.3 is 0 Å². The van der Waals surface area contributed by atoms with Crippen LogP contribution in [-0.2, 0) is 17.9 Å². The number of rotatable bonds is 6. The van der Waals surface area contributed by atoms with E-state index in [1.165, 1.54) is 22.7 Å². The van der Waals surface area contributed by atoms with Crippen LogP contribution in [0, 0.1) is 6.92 Å². The fraction of sp³-hybridized carbons (Fsp3) is 0.250. The summed E-state index contributed by atoms with van der Waals surface area (Å²) in [5.41, 5.74) is 4.41. The Labute approximate surface area is 180 Å². The van der Waals surface area contributed by atoms with Crippen molar-refractivity contribution in [3.8, 4) is 5.69 Å². The Morgan fingerprint density at radius 3 is 2.45 bits per heavy atom. The van der Waals surface area contributed by atoms with E-state index in [2.05, 4.69) is 29.2 Å². The SMILES string of the molecule is Cc1ccc(CNC(=O)Cn2cnc3c(cnn3-c3ccc(C(C)C)cc3)c2=O)cc1. The molecule has 0 aliphatic heterocycles. The molecule has 0 radical (unpaired) electrons. The predicted molar refractivity (Wildman–Crippen MR) is 120 cm³/mol. The molecule has 2 aromatic heterocycles. The Balaban J connectivity index is 1.51. The van der Waals surface area contributed by atoms with Gasteiger partial charge in [-0.2, -0.15) is 5.10 Å². The van der Waals surface area contributed by atoms with Gasteiger partial charge in [0.05, 0.1) is 11.9 Å². The van der Waals surface area contributed by atoms with Gasteiger partial charge in [0, 0.05) is 6.54 Å². The monoisotopic (exact) mass is 415 g/mol. The first-order valence-corrected chi connectivity index (χ1v) is 10.3. The number of carbonyl (C=O) groups is 1. The first kappa shape index (κ1) is 20.5. The van der Waals surface area contributed by atoms with E-state index in [1.807, 2.05) is 55.5 Å². The largest absolute Gasteiger partial charge is 0.350 e. The Morgan fingerprint density at radius 2 is 1.77 bits per heavy atom. The van der Waals surface area contributed by atoms with Crippen LogP contribution in [0.4, 0.5) is 0 Å². The van der Waals surface area contributed by atoms with Crippen LogP contribution in [0.2, 0.25) is 0 Å². The highest BCUT2D eigenvalue weighted by molar-refractivity contribution is 5.77. The minimum atomic E-state index is -0.291. The van der Waals surface area contributed by atoms with Gasteiger partial charge in [-0.3, -0.25) is 14.2 Å². The summed E-state index contributed by atoms with van der Waals surface area (Å²) in [7, 11) is 0. The lowest BCUT2D eigenvalue weighted by atomic mass is 10.0. The molecule has 1 N–H and O–H groups in total. The molecule has 0 unspecified atom stereocenters. The zero-order chi connectivity index (χ0) is 22.0. The van der Waals surface area contributed by atoms with Crippen molar-refractivity contribution >= 4 is 16.9 Å². The van der Waals surface area contributed by atoms with Crippen LogP contribution >= 0.6 is 0 Å². The number of hydrogen-bond acceptors (Lipinski definition) is 4. The second-order valence-electron chi connectivity index (χ2n) is 7.98. The van der Waals surface area contributed by atoms with Gasteiger partial charge in [0.2, 0.25) is 5.91 Å². The van der Waals surface area contributed by atoms with E-state index in [4.69, 9.17) is 0 Å². The first-order chi connectivity index (χ1) is 14.9. The van der Waals surface area contributed by atoms with Crippen molar-refractivity contribution in [2.45, 2.75) is 39.8 Å². The summed E-state index contributed by atoms with van der Waals surface area (Å²) < 4.78 is 2.95. The molecule has 0 saturated carbocycles. The molecular formula is C24H25N5O2. The number of nitrogens with one attached hydrogen (secondary N) is 1. The number of amides is 1. The molecule has 1 amide bonds. The second-order valence-corrected chi connectivity index (χ2v) is 7.98. The summed E-state index contributed by atoms with van der Waals surface area (Å²) in [6.45, 7) is 6.61. The zero-order valence-corrected chi connectivity index (χ0v) is 17.9. The number of nitrogens with zero attached hydrogens (tertiary/aromatic N) is 4. The Hall–Kier alpha value is -3.74. The van der Waals surface area contributed by atoms with Crippen LogP contribution in [-0.4, -0.2) is 25.2 Å². The molecule has 0 saturated heterocycles. The van der Waals surface area contributed by atoms with Crippen molar-refractivity contribution in [2.24, 2.45) is 0 Å². The van der Waals surface area contributed by atoms with Crippen molar-refractivity contribution < 1.29 is 4.79 Å². The Bertz CT molecular complexity index is 1270. The van der Waals surface area contributed by atoms with Gasteiger partial charge in [-0.15, -0.1) is 0 Å². The fourth-order valence-electron chi connectivity index (χ4n) is 3.37. The molecule has 2 aromatic carbocycles. The summed E-state index contributed by atoms with van der Waals surface area (Å²) in [5.74, 6) is 0.186. The highest BCUT2D eigenvalue weighted by Crippen LogP contribution is 2.18. The maximum atomic E-state index is 12.9. The molecule has 0 aliphatic carbocycles. The minimum absolute atomic E-state index is 0.0953. The number of aromatic nitrogens is 4. The Kier molecular flexibility index (Phi) is 5.66. The van der Waals surface area contributed by atoms with Crippen LogP contribution in [0.1, 0.15) is 36.5 Å². The van der Waals surface area contributed by atoms with E-state index < -0.39 is 0 Å². The standard InChI is InChI=1S/C24H25N5O2/c1-16(2)19-8-10-20(11-9-19)29-23-21(13-27-29)24(31)28(15-26-23)14-22(30)25-12-18-6-4-17(3)5-7-18/h4-11,13,15-16H,12,14H2,1-3H3,(H,25,30). The molecule has 0 spiro atoms. The van der Waals surface area contributed by atoms with E-state index >= 15 is 0 Å². The zero-order valence-electron chi connectivity index (χ0n) is 17.9. The molecular weight excluding hydrogens is 390 g/mol. The first-order valence-electron chi connectivity index (χ1n) is 10.3. The predicted octanol–water partition coefficient (Wildman–Crippen LogP) is 3.33. The molecule has 4 rings (SSSR count). The van der Waals surface area contributed by atoms with E-state index in [0.29, 0.717) is 23.5 Å². The van der Waals surface area contributed by atoms with Gasteiger partial charge in [0.25, 0.3) is 5.56 Å². The van der Waals surface area contributed by atoms with E-state index in [-0.39, 0.29) is 18.0 Å². The molecule has 0 bridgehead atoms. The molecule has 0 fully saturated rings. The maximum Gasteiger partial charge on any atom is 0.264 e. The average molecular weight is 415 g/mol. The highest BCUT2D eigenvalue weighted by Gasteiger charge is 2.13. The average Bonchev–Trinajstić information content (AvgIpc) is 3.20. The van der Waals surface area contributed by atoms with Crippen LogP contribution < -0.4 is 10.9 Å². The van der Waals surface area contributed by atoms with Crippen molar-refractivity contribution in [1.29, 1.82) is 0 Å². The van der Waals surface area contributed by atoms with E-state index in [9.17, 15) is 9.59 Å². The van der Waals surface area contributed by atoms with Gasteiger partial charge < -0.3 is 5.32 Å².